The normalized spacial score (nSPS) is 21.3. The topological polar surface area (TPSA) is 24.8 Å². The Balaban J connectivity index is 1.69. The standard InChI is InChI=1S/C23H28N2O/c1-26-23-16-10-9-15-20(23)21-17-22(18-11-5-4-6-12-18)25(24-21)19-13-7-2-3-8-14-19/h4-6,9-12,15-16,19,22H,2-3,7-8,13-14,17H2,1H3. The van der Waals surface area contributed by atoms with Crippen LogP contribution in [0.4, 0.5) is 0 Å². The van der Waals surface area contributed by atoms with Crippen molar-refractivity contribution in [2.45, 2.75) is 57.0 Å². The van der Waals surface area contributed by atoms with E-state index in [0.29, 0.717) is 12.1 Å². The summed E-state index contributed by atoms with van der Waals surface area (Å²) in [6.07, 6.45) is 8.83. The van der Waals surface area contributed by atoms with E-state index in [-0.39, 0.29) is 0 Å². The second-order valence-corrected chi connectivity index (χ2v) is 7.40. The van der Waals surface area contributed by atoms with Crippen LogP contribution in [0.25, 0.3) is 0 Å². The van der Waals surface area contributed by atoms with Crippen LogP contribution in [0.2, 0.25) is 0 Å². The maximum Gasteiger partial charge on any atom is 0.127 e. The maximum atomic E-state index is 5.60. The molecule has 136 valence electrons. The quantitative estimate of drug-likeness (QED) is 0.675. The van der Waals surface area contributed by atoms with E-state index >= 15 is 0 Å². The van der Waals surface area contributed by atoms with Crippen molar-refractivity contribution in [2.75, 3.05) is 7.11 Å². The fraction of sp³-hybridized carbons (Fsp3) is 0.435. The minimum atomic E-state index is 0.333. The Morgan fingerprint density at radius 2 is 1.58 bits per heavy atom. The van der Waals surface area contributed by atoms with Crippen LogP contribution in [-0.4, -0.2) is 23.9 Å². The van der Waals surface area contributed by atoms with Crippen LogP contribution in [0.5, 0.6) is 5.75 Å². The molecule has 2 aromatic rings. The molecule has 1 fully saturated rings. The summed E-state index contributed by atoms with van der Waals surface area (Å²) in [5, 5.41) is 7.58. The predicted octanol–water partition coefficient (Wildman–Crippen LogP) is 5.57. The Hall–Kier alpha value is -2.29. The molecule has 1 heterocycles. The molecule has 0 aromatic heterocycles. The van der Waals surface area contributed by atoms with E-state index in [1.165, 1.54) is 44.1 Å². The van der Waals surface area contributed by atoms with E-state index in [9.17, 15) is 0 Å². The van der Waals surface area contributed by atoms with Crippen LogP contribution < -0.4 is 4.74 Å². The summed E-state index contributed by atoms with van der Waals surface area (Å²) in [7, 11) is 1.74. The zero-order chi connectivity index (χ0) is 17.8. The molecular formula is C23H28N2O. The molecule has 2 aliphatic rings. The van der Waals surface area contributed by atoms with Crippen molar-refractivity contribution in [2.24, 2.45) is 5.10 Å². The molecule has 2 aromatic carbocycles. The van der Waals surface area contributed by atoms with E-state index < -0.39 is 0 Å². The average molecular weight is 348 g/mol. The van der Waals surface area contributed by atoms with Gasteiger partial charge in [-0.2, -0.15) is 5.10 Å². The van der Waals surface area contributed by atoms with Crippen molar-refractivity contribution in [3.05, 3.63) is 65.7 Å². The Labute approximate surface area is 156 Å². The lowest BCUT2D eigenvalue weighted by Gasteiger charge is -2.31. The number of hydrogen-bond donors (Lipinski definition) is 0. The molecule has 0 radical (unpaired) electrons. The number of hydrogen-bond acceptors (Lipinski definition) is 3. The van der Waals surface area contributed by atoms with Gasteiger partial charge in [-0.15, -0.1) is 0 Å². The molecule has 0 amide bonds. The molecule has 0 spiro atoms. The first-order chi connectivity index (χ1) is 12.9. The lowest BCUT2D eigenvalue weighted by Crippen LogP contribution is -2.31. The molecule has 3 nitrogen and oxygen atoms in total. The van der Waals surface area contributed by atoms with Crippen molar-refractivity contribution in [3.63, 3.8) is 0 Å². The SMILES string of the molecule is COc1ccccc1C1=NN(C2CCCCCC2)C(c2ccccc2)C1. The van der Waals surface area contributed by atoms with Gasteiger partial charge in [0.05, 0.1) is 18.9 Å². The number of rotatable bonds is 4. The summed E-state index contributed by atoms with van der Waals surface area (Å²) in [6.45, 7) is 0. The lowest BCUT2D eigenvalue weighted by atomic mass is 9.96. The predicted molar refractivity (Wildman–Crippen MR) is 107 cm³/mol. The second kappa shape index (κ2) is 7.94. The van der Waals surface area contributed by atoms with Crippen LogP contribution in [0, 0.1) is 0 Å². The zero-order valence-corrected chi connectivity index (χ0v) is 15.6. The fourth-order valence-electron chi connectivity index (χ4n) is 4.38. The molecule has 0 bridgehead atoms. The highest BCUT2D eigenvalue weighted by Gasteiger charge is 2.34. The Kier molecular flexibility index (Phi) is 5.24. The summed E-state index contributed by atoms with van der Waals surface area (Å²) in [4.78, 5) is 0. The van der Waals surface area contributed by atoms with E-state index in [1.807, 2.05) is 12.1 Å². The summed E-state index contributed by atoms with van der Waals surface area (Å²) in [6, 6.07) is 20.0. The van der Waals surface area contributed by atoms with Gasteiger partial charge in [0.25, 0.3) is 0 Å². The lowest BCUT2D eigenvalue weighted by molar-refractivity contribution is 0.145. The van der Waals surface area contributed by atoms with Crippen molar-refractivity contribution in [1.82, 2.24) is 5.01 Å². The zero-order valence-electron chi connectivity index (χ0n) is 15.6. The van der Waals surface area contributed by atoms with Gasteiger partial charge in [-0.1, -0.05) is 68.1 Å². The van der Waals surface area contributed by atoms with Gasteiger partial charge in [-0.05, 0) is 30.5 Å². The smallest absolute Gasteiger partial charge is 0.127 e. The van der Waals surface area contributed by atoms with Crippen molar-refractivity contribution in [1.29, 1.82) is 0 Å². The number of hydrazone groups is 1. The number of ether oxygens (including phenoxy) is 1. The summed E-state index contributed by atoms with van der Waals surface area (Å²) in [5.41, 5.74) is 3.65. The van der Waals surface area contributed by atoms with Gasteiger partial charge in [-0.3, -0.25) is 5.01 Å². The Morgan fingerprint density at radius 3 is 2.31 bits per heavy atom. The van der Waals surface area contributed by atoms with Crippen LogP contribution in [0.3, 0.4) is 0 Å². The van der Waals surface area contributed by atoms with Crippen LogP contribution in [-0.2, 0) is 0 Å². The van der Waals surface area contributed by atoms with Crippen LogP contribution in [0.1, 0.15) is 62.1 Å². The highest BCUT2D eigenvalue weighted by atomic mass is 16.5. The molecular weight excluding hydrogens is 320 g/mol. The molecule has 4 rings (SSSR count). The van der Waals surface area contributed by atoms with Crippen LogP contribution in [0.15, 0.2) is 59.7 Å². The van der Waals surface area contributed by atoms with E-state index in [2.05, 4.69) is 47.5 Å². The average Bonchev–Trinajstić information content (AvgIpc) is 2.96. The van der Waals surface area contributed by atoms with Crippen LogP contribution >= 0.6 is 0 Å². The molecule has 1 aliphatic heterocycles. The van der Waals surface area contributed by atoms with Gasteiger partial charge in [0.1, 0.15) is 5.75 Å². The molecule has 1 atom stereocenters. The van der Waals surface area contributed by atoms with E-state index in [0.717, 1.165) is 23.4 Å². The van der Waals surface area contributed by atoms with Gasteiger partial charge < -0.3 is 4.74 Å². The van der Waals surface area contributed by atoms with E-state index in [4.69, 9.17) is 9.84 Å². The van der Waals surface area contributed by atoms with Crippen molar-refractivity contribution >= 4 is 5.71 Å². The molecule has 1 unspecified atom stereocenters. The summed E-state index contributed by atoms with van der Waals surface area (Å²) >= 11 is 0. The first-order valence-corrected chi connectivity index (χ1v) is 9.91. The third-order valence-corrected chi connectivity index (χ3v) is 5.74. The third-order valence-electron chi connectivity index (χ3n) is 5.74. The minimum absolute atomic E-state index is 0.333. The highest BCUT2D eigenvalue weighted by molar-refractivity contribution is 6.04. The van der Waals surface area contributed by atoms with Crippen molar-refractivity contribution < 1.29 is 4.74 Å². The number of methoxy groups -OCH3 is 1. The Bertz CT molecular complexity index is 748. The van der Waals surface area contributed by atoms with Gasteiger partial charge in [0.2, 0.25) is 0 Å². The van der Waals surface area contributed by atoms with Crippen molar-refractivity contribution in [3.8, 4) is 5.75 Å². The second-order valence-electron chi connectivity index (χ2n) is 7.40. The van der Waals surface area contributed by atoms with Gasteiger partial charge >= 0.3 is 0 Å². The Morgan fingerprint density at radius 1 is 0.885 bits per heavy atom. The number of nitrogens with zero attached hydrogens (tertiary/aromatic N) is 2. The molecule has 3 heteroatoms. The van der Waals surface area contributed by atoms with E-state index in [1.54, 1.807) is 7.11 Å². The molecule has 26 heavy (non-hydrogen) atoms. The third kappa shape index (κ3) is 3.48. The van der Waals surface area contributed by atoms with Gasteiger partial charge in [0, 0.05) is 18.0 Å². The molecule has 1 saturated carbocycles. The first kappa shape index (κ1) is 17.1. The monoisotopic (exact) mass is 348 g/mol. The number of benzene rings is 2. The van der Waals surface area contributed by atoms with Gasteiger partial charge in [0.15, 0.2) is 0 Å². The van der Waals surface area contributed by atoms with Gasteiger partial charge in [-0.25, -0.2) is 0 Å². The largest absolute Gasteiger partial charge is 0.496 e. The molecule has 1 aliphatic carbocycles. The maximum absolute atomic E-state index is 5.60. The fourth-order valence-corrected chi connectivity index (χ4v) is 4.38. The first-order valence-electron chi connectivity index (χ1n) is 9.91. The molecule has 0 saturated heterocycles. The number of para-hydroxylation sites is 1. The molecule has 0 N–H and O–H groups in total. The summed E-state index contributed by atoms with van der Waals surface area (Å²) < 4.78 is 5.60. The summed E-state index contributed by atoms with van der Waals surface area (Å²) in [5.74, 6) is 0.917. The highest BCUT2D eigenvalue weighted by Crippen LogP contribution is 2.38. The minimum Gasteiger partial charge on any atom is -0.496 e.